The molecule has 3 nitrogen and oxygen atoms in total. The topological polar surface area (TPSA) is 41.1 Å². The molecule has 2 N–H and O–H groups in total. The van der Waals surface area contributed by atoms with Gasteiger partial charge in [0.1, 0.15) is 0 Å². The summed E-state index contributed by atoms with van der Waals surface area (Å²) in [6, 6.07) is 8.18. The quantitative estimate of drug-likeness (QED) is 0.820. The van der Waals surface area contributed by atoms with Crippen molar-refractivity contribution in [3.8, 4) is 0 Å². The fraction of sp³-hybridized carbons (Fsp3) is 0.500. The smallest absolute Gasteiger partial charge is 0.252 e. The highest BCUT2D eigenvalue weighted by atomic mass is 32.2. The Labute approximate surface area is 113 Å². The van der Waals surface area contributed by atoms with E-state index in [1.807, 2.05) is 30.5 Å². The second-order valence-corrected chi connectivity index (χ2v) is 5.41. The minimum atomic E-state index is 0.0346. The van der Waals surface area contributed by atoms with Crippen LogP contribution in [0.2, 0.25) is 0 Å². The Kier molecular flexibility index (Phi) is 5.08. The third-order valence-electron chi connectivity index (χ3n) is 3.27. The first kappa shape index (κ1) is 13.4. The Morgan fingerprint density at radius 1 is 1.44 bits per heavy atom. The van der Waals surface area contributed by atoms with Gasteiger partial charge in [0.25, 0.3) is 5.91 Å². The number of amides is 1. The minimum absolute atomic E-state index is 0.0346. The summed E-state index contributed by atoms with van der Waals surface area (Å²) in [6.45, 7) is 1.80. The van der Waals surface area contributed by atoms with Crippen molar-refractivity contribution in [2.45, 2.75) is 30.2 Å². The summed E-state index contributed by atoms with van der Waals surface area (Å²) in [4.78, 5) is 13.1. The summed E-state index contributed by atoms with van der Waals surface area (Å²) in [5.74, 6) is 0.0346. The number of benzene rings is 1. The van der Waals surface area contributed by atoms with Crippen molar-refractivity contribution in [1.82, 2.24) is 10.6 Å². The summed E-state index contributed by atoms with van der Waals surface area (Å²) in [6.07, 6.45) is 5.66. The molecule has 4 heteroatoms. The van der Waals surface area contributed by atoms with E-state index in [0.717, 1.165) is 30.0 Å². The highest BCUT2D eigenvalue weighted by Gasteiger charge is 2.15. The first-order valence-corrected chi connectivity index (χ1v) is 7.68. The Balaban J connectivity index is 1.90. The van der Waals surface area contributed by atoms with Gasteiger partial charge in [-0.2, -0.15) is 0 Å². The maximum Gasteiger partial charge on any atom is 0.252 e. The Morgan fingerprint density at radius 3 is 3.00 bits per heavy atom. The van der Waals surface area contributed by atoms with Crippen LogP contribution in [-0.2, 0) is 0 Å². The largest absolute Gasteiger partial charge is 0.350 e. The molecule has 1 atom stereocenters. The lowest BCUT2D eigenvalue weighted by molar-refractivity contribution is 0.0945. The molecule has 0 saturated carbocycles. The van der Waals surface area contributed by atoms with Crippen LogP contribution in [0.3, 0.4) is 0 Å². The van der Waals surface area contributed by atoms with Crippen LogP contribution in [0.5, 0.6) is 0 Å². The summed E-state index contributed by atoms with van der Waals surface area (Å²) in [7, 11) is 0. The molecule has 1 aromatic carbocycles. The number of rotatable bonds is 4. The Hall–Kier alpha value is -1.00. The molecule has 0 aromatic heterocycles. The van der Waals surface area contributed by atoms with Gasteiger partial charge in [0, 0.05) is 17.5 Å². The second-order valence-electron chi connectivity index (χ2n) is 4.56. The zero-order chi connectivity index (χ0) is 12.8. The van der Waals surface area contributed by atoms with E-state index in [1.165, 1.54) is 12.8 Å². The van der Waals surface area contributed by atoms with Crippen molar-refractivity contribution in [2.75, 3.05) is 19.3 Å². The van der Waals surface area contributed by atoms with E-state index in [1.54, 1.807) is 11.8 Å². The Morgan fingerprint density at radius 2 is 2.28 bits per heavy atom. The number of nitrogens with one attached hydrogen (secondary N) is 2. The van der Waals surface area contributed by atoms with Crippen molar-refractivity contribution in [3.05, 3.63) is 29.8 Å². The molecule has 1 aromatic rings. The first-order valence-electron chi connectivity index (χ1n) is 6.46. The number of hydrogen-bond donors (Lipinski definition) is 2. The van der Waals surface area contributed by atoms with Crippen molar-refractivity contribution in [3.63, 3.8) is 0 Å². The van der Waals surface area contributed by atoms with E-state index in [4.69, 9.17) is 0 Å². The zero-order valence-corrected chi connectivity index (χ0v) is 11.6. The van der Waals surface area contributed by atoms with E-state index >= 15 is 0 Å². The van der Waals surface area contributed by atoms with Gasteiger partial charge < -0.3 is 10.6 Å². The van der Waals surface area contributed by atoms with Crippen molar-refractivity contribution in [2.24, 2.45) is 0 Å². The molecule has 18 heavy (non-hydrogen) atoms. The monoisotopic (exact) mass is 264 g/mol. The molecule has 1 amide bonds. The van der Waals surface area contributed by atoms with E-state index in [9.17, 15) is 4.79 Å². The predicted molar refractivity (Wildman–Crippen MR) is 76.2 cm³/mol. The van der Waals surface area contributed by atoms with Crippen LogP contribution in [-0.4, -0.2) is 31.3 Å². The average molecular weight is 264 g/mol. The van der Waals surface area contributed by atoms with Crippen LogP contribution in [0.4, 0.5) is 0 Å². The molecule has 1 fully saturated rings. The van der Waals surface area contributed by atoms with E-state index in [-0.39, 0.29) is 5.91 Å². The second kappa shape index (κ2) is 6.81. The molecule has 1 unspecified atom stereocenters. The zero-order valence-electron chi connectivity index (χ0n) is 10.7. The van der Waals surface area contributed by atoms with Gasteiger partial charge >= 0.3 is 0 Å². The summed E-state index contributed by atoms with van der Waals surface area (Å²) in [5.41, 5.74) is 0.779. The van der Waals surface area contributed by atoms with E-state index in [2.05, 4.69) is 10.6 Å². The Bertz CT molecular complexity index is 403. The molecule has 0 radical (unpaired) electrons. The number of carbonyl (C=O) groups excluding carboxylic acids is 1. The van der Waals surface area contributed by atoms with Gasteiger partial charge in [-0.05, 0) is 37.8 Å². The lowest BCUT2D eigenvalue weighted by atomic mass is 10.1. The third kappa shape index (κ3) is 3.50. The molecular weight excluding hydrogens is 244 g/mol. The van der Waals surface area contributed by atoms with Gasteiger partial charge in [-0.1, -0.05) is 18.6 Å². The summed E-state index contributed by atoms with van der Waals surface area (Å²) >= 11 is 1.61. The van der Waals surface area contributed by atoms with Crippen LogP contribution < -0.4 is 10.6 Å². The van der Waals surface area contributed by atoms with Gasteiger partial charge in [0.05, 0.1) is 5.56 Å². The number of carbonyl (C=O) groups is 1. The summed E-state index contributed by atoms with van der Waals surface area (Å²) in [5, 5.41) is 6.46. The van der Waals surface area contributed by atoms with Crippen molar-refractivity contribution >= 4 is 17.7 Å². The van der Waals surface area contributed by atoms with Crippen LogP contribution >= 0.6 is 11.8 Å². The lowest BCUT2D eigenvalue weighted by Gasteiger charge is -2.23. The molecule has 0 bridgehead atoms. The molecule has 1 heterocycles. The van der Waals surface area contributed by atoms with Crippen molar-refractivity contribution < 1.29 is 4.79 Å². The molecule has 98 valence electrons. The summed E-state index contributed by atoms with van der Waals surface area (Å²) < 4.78 is 0. The van der Waals surface area contributed by atoms with Crippen LogP contribution in [0.15, 0.2) is 29.2 Å². The molecule has 1 aliphatic heterocycles. The molecule has 0 aliphatic carbocycles. The predicted octanol–water partition coefficient (Wildman–Crippen LogP) is 2.28. The maximum atomic E-state index is 12.1. The number of piperidine rings is 1. The highest BCUT2D eigenvalue weighted by molar-refractivity contribution is 7.98. The number of hydrogen-bond acceptors (Lipinski definition) is 3. The van der Waals surface area contributed by atoms with Crippen LogP contribution in [0.1, 0.15) is 29.6 Å². The van der Waals surface area contributed by atoms with Gasteiger partial charge in [0.15, 0.2) is 0 Å². The highest BCUT2D eigenvalue weighted by Crippen LogP contribution is 2.19. The minimum Gasteiger partial charge on any atom is -0.350 e. The van der Waals surface area contributed by atoms with Gasteiger partial charge in [-0.3, -0.25) is 4.79 Å². The average Bonchev–Trinajstić information content (AvgIpc) is 2.45. The molecule has 0 spiro atoms. The molecular formula is C14H20N2OS. The molecule has 1 aliphatic rings. The SMILES string of the molecule is CSc1ccccc1C(=O)NCC1CCCCN1. The van der Waals surface area contributed by atoms with Gasteiger partial charge in [-0.15, -0.1) is 11.8 Å². The van der Waals surface area contributed by atoms with Crippen LogP contribution in [0.25, 0.3) is 0 Å². The molecule has 2 rings (SSSR count). The first-order chi connectivity index (χ1) is 8.81. The standard InChI is InChI=1S/C14H20N2OS/c1-18-13-8-3-2-7-12(13)14(17)16-10-11-6-4-5-9-15-11/h2-3,7-8,11,15H,4-6,9-10H2,1H3,(H,16,17). The van der Waals surface area contributed by atoms with Crippen molar-refractivity contribution in [1.29, 1.82) is 0 Å². The fourth-order valence-corrected chi connectivity index (χ4v) is 2.84. The molecule has 1 saturated heterocycles. The fourth-order valence-electron chi connectivity index (χ4n) is 2.24. The lowest BCUT2D eigenvalue weighted by Crippen LogP contribution is -2.43. The number of thioether (sulfide) groups is 1. The van der Waals surface area contributed by atoms with Gasteiger partial charge in [0.2, 0.25) is 0 Å². The van der Waals surface area contributed by atoms with E-state index in [0.29, 0.717) is 6.04 Å². The maximum absolute atomic E-state index is 12.1. The van der Waals surface area contributed by atoms with E-state index < -0.39 is 0 Å². The normalized spacial score (nSPS) is 19.5. The van der Waals surface area contributed by atoms with Crippen LogP contribution in [0, 0.1) is 0 Å². The van der Waals surface area contributed by atoms with Gasteiger partial charge in [-0.25, -0.2) is 0 Å². The third-order valence-corrected chi connectivity index (χ3v) is 4.07.